The van der Waals surface area contributed by atoms with E-state index in [2.05, 4.69) is 0 Å². The van der Waals surface area contributed by atoms with Gasteiger partial charge >= 0.3 is 0 Å². The Labute approximate surface area is 116 Å². The first-order valence-electron chi connectivity index (χ1n) is 6.11. The molecule has 5 nitrogen and oxygen atoms in total. The van der Waals surface area contributed by atoms with Crippen molar-refractivity contribution in [3.05, 3.63) is 74.5 Å². The number of non-ortho nitro benzene ring substituents is 1. The van der Waals surface area contributed by atoms with Crippen LogP contribution in [0.2, 0.25) is 0 Å². The summed E-state index contributed by atoms with van der Waals surface area (Å²) in [6.45, 7) is 3.74. The molecule has 0 aliphatic heterocycles. The van der Waals surface area contributed by atoms with Gasteiger partial charge in [0.05, 0.1) is 4.92 Å². The molecule has 0 atom stereocenters. The Bertz CT molecular complexity index is 656. The number of benzene rings is 2. The molecule has 0 bridgehead atoms. The molecule has 0 aromatic heterocycles. The number of aryl methyl sites for hydroxylation is 2. The summed E-state index contributed by atoms with van der Waals surface area (Å²) in [6.07, 6.45) is 1.42. The molecule has 5 heteroatoms. The highest BCUT2D eigenvalue weighted by atomic mass is 16.6. The van der Waals surface area contributed by atoms with E-state index in [0.29, 0.717) is 11.3 Å². The second-order valence-electron chi connectivity index (χ2n) is 4.54. The molecule has 0 amide bonds. The Balaban J connectivity index is 2.37. The topological polar surface area (TPSA) is 69.2 Å². The fraction of sp³-hybridized carbons (Fsp3) is 0.133. The zero-order valence-electron chi connectivity index (χ0n) is 11.2. The highest BCUT2D eigenvalue weighted by Gasteiger charge is 2.10. The summed E-state index contributed by atoms with van der Waals surface area (Å²) in [5.74, 6) is 0. The SMILES string of the molecule is Cc1cccc(C)c1/[N+]([O-])=C/c1ccc([N+](=O)[O-])cc1. The van der Waals surface area contributed by atoms with Crippen LogP contribution in [0.3, 0.4) is 0 Å². The minimum atomic E-state index is -0.468. The van der Waals surface area contributed by atoms with E-state index in [4.69, 9.17) is 0 Å². The van der Waals surface area contributed by atoms with Gasteiger partial charge in [0.25, 0.3) is 5.69 Å². The molecule has 0 aliphatic carbocycles. The molecule has 0 aliphatic rings. The van der Waals surface area contributed by atoms with E-state index in [1.807, 2.05) is 32.0 Å². The van der Waals surface area contributed by atoms with Crippen molar-refractivity contribution in [2.45, 2.75) is 13.8 Å². The molecular formula is C15H14N2O3. The standard InChI is InChI=1S/C15H14N2O3/c1-11-4-3-5-12(2)15(11)16(18)10-13-6-8-14(9-7-13)17(19)20/h3-10H,1-2H3/b16-10-. The summed E-state index contributed by atoms with van der Waals surface area (Å²) in [5.41, 5.74) is 3.00. The molecule has 102 valence electrons. The monoisotopic (exact) mass is 270 g/mol. The predicted molar refractivity (Wildman–Crippen MR) is 77.5 cm³/mol. The van der Waals surface area contributed by atoms with E-state index in [-0.39, 0.29) is 5.69 Å². The van der Waals surface area contributed by atoms with Crippen LogP contribution >= 0.6 is 0 Å². The summed E-state index contributed by atoms with van der Waals surface area (Å²) >= 11 is 0. The lowest BCUT2D eigenvalue weighted by Crippen LogP contribution is -2.02. The van der Waals surface area contributed by atoms with Crippen molar-refractivity contribution < 1.29 is 9.66 Å². The van der Waals surface area contributed by atoms with Gasteiger partial charge in [-0.15, -0.1) is 0 Å². The molecule has 0 saturated carbocycles. The average Bonchev–Trinajstić information content (AvgIpc) is 2.39. The Morgan fingerprint density at radius 3 is 2.00 bits per heavy atom. The van der Waals surface area contributed by atoms with E-state index < -0.39 is 4.92 Å². The molecule has 0 saturated heterocycles. The molecule has 0 spiro atoms. The number of nitro groups is 1. The van der Waals surface area contributed by atoms with Crippen molar-refractivity contribution in [2.24, 2.45) is 0 Å². The quantitative estimate of drug-likeness (QED) is 0.282. The van der Waals surface area contributed by atoms with Crippen LogP contribution in [0.25, 0.3) is 0 Å². The van der Waals surface area contributed by atoms with E-state index in [0.717, 1.165) is 15.9 Å². The number of rotatable bonds is 3. The fourth-order valence-corrected chi connectivity index (χ4v) is 2.04. The maximum atomic E-state index is 12.2. The number of para-hydroxylation sites is 1. The minimum Gasteiger partial charge on any atom is -0.618 e. The summed E-state index contributed by atoms with van der Waals surface area (Å²) < 4.78 is 0.797. The third kappa shape index (κ3) is 2.83. The molecule has 20 heavy (non-hydrogen) atoms. The maximum Gasteiger partial charge on any atom is 0.269 e. The molecule has 2 aromatic carbocycles. The van der Waals surface area contributed by atoms with Gasteiger partial charge in [-0.25, -0.2) is 0 Å². The van der Waals surface area contributed by atoms with Gasteiger partial charge in [-0.3, -0.25) is 10.1 Å². The summed E-state index contributed by atoms with van der Waals surface area (Å²) in [4.78, 5) is 10.1. The van der Waals surface area contributed by atoms with Crippen LogP contribution in [-0.2, 0) is 0 Å². The van der Waals surface area contributed by atoms with Gasteiger partial charge < -0.3 is 5.21 Å². The maximum absolute atomic E-state index is 12.2. The van der Waals surface area contributed by atoms with Crippen molar-refractivity contribution in [2.75, 3.05) is 0 Å². The molecule has 0 unspecified atom stereocenters. The van der Waals surface area contributed by atoms with Crippen molar-refractivity contribution in [1.82, 2.24) is 0 Å². The number of nitro benzene ring substituents is 1. The number of hydrogen-bond acceptors (Lipinski definition) is 3. The average molecular weight is 270 g/mol. The first-order valence-corrected chi connectivity index (χ1v) is 6.11. The van der Waals surface area contributed by atoms with Gasteiger partial charge in [-0.2, -0.15) is 4.74 Å². The van der Waals surface area contributed by atoms with Crippen LogP contribution in [0, 0.1) is 29.2 Å². The molecule has 2 rings (SSSR count). The van der Waals surface area contributed by atoms with Crippen LogP contribution in [-0.4, -0.2) is 15.9 Å². The van der Waals surface area contributed by atoms with Gasteiger partial charge in [-0.1, -0.05) is 18.2 Å². The lowest BCUT2D eigenvalue weighted by molar-refractivity contribution is -0.384. The number of hydrogen-bond donors (Lipinski definition) is 0. The van der Waals surface area contributed by atoms with Crippen LogP contribution in [0.15, 0.2) is 42.5 Å². The zero-order chi connectivity index (χ0) is 14.7. The molecule has 0 radical (unpaired) electrons. The Kier molecular flexibility index (Phi) is 3.79. The van der Waals surface area contributed by atoms with Gasteiger partial charge in [0.1, 0.15) is 0 Å². The Hall–Kier alpha value is -2.69. The van der Waals surface area contributed by atoms with E-state index in [1.165, 1.54) is 18.3 Å². The third-order valence-electron chi connectivity index (χ3n) is 3.03. The van der Waals surface area contributed by atoms with Crippen molar-refractivity contribution in [3.8, 4) is 0 Å². The molecule has 0 fully saturated rings. The highest BCUT2D eigenvalue weighted by molar-refractivity contribution is 5.77. The van der Waals surface area contributed by atoms with Crippen LogP contribution in [0.1, 0.15) is 16.7 Å². The Morgan fingerprint density at radius 1 is 0.950 bits per heavy atom. The van der Waals surface area contributed by atoms with E-state index in [1.54, 1.807) is 12.1 Å². The first-order chi connectivity index (χ1) is 9.49. The minimum absolute atomic E-state index is 0.00618. The van der Waals surface area contributed by atoms with Gasteiger partial charge in [0.15, 0.2) is 6.21 Å². The predicted octanol–water partition coefficient (Wildman–Crippen LogP) is 3.47. The largest absolute Gasteiger partial charge is 0.618 e. The van der Waals surface area contributed by atoms with Crippen LogP contribution in [0.4, 0.5) is 11.4 Å². The highest BCUT2D eigenvalue weighted by Crippen LogP contribution is 2.22. The molecule has 0 N–H and O–H groups in total. The van der Waals surface area contributed by atoms with Crippen molar-refractivity contribution >= 4 is 17.6 Å². The van der Waals surface area contributed by atoms with E-state index in [9.17, 15) is 15.3 Å². The van der Waals surface area contributed by atoms with Crippen molar-refractivity contribution in [3.63, 3.8) is 0 Å². The zero-order valence-corrected chi connectivity index (χ0v) is 11.2. The van der Waals surface area contributed by atoms with Gasteiger partial charge in [0, 0.05) is 28.8 Å². The molecule has 2 aromatic rings. The normalized spacial score (nSPS) is 11.4. The fourth-order valence-electron chi connectivity index (χ4n) is 2.04. The second-order valence-corrected chi connectivity index (χ2v) is 4.54. The van der Waals surface area contributed by atoms with Crippen LogP contribution < -0.4 is 0 Å². The lowest BCUT2D eigenvalue weighted by atomic mass is 10.1. The van der Waals surface area contributed by atoms with Gasteiger partial charge in [-0.05, 0) is 26.0 Å². The third-order valence-corrected chi connectivity index (χ3v) is 3.03. The molecular weight excluding hydrogens is 256 g/mol. The summed E-state index contributed by atoms with van der Waals surface area (Å²) in [6, 6.07) is 11.5. The smallest absolute Gasteiger partial charge is 0.269 e. The number of nitrogens with zero attached hydrogens (tertiary/aromatic N) is 2. The van der Waals surface area contributed by atoms with Crippen molar-refractivity contribution in [1.29, 1.82) is 0 Å². The molecule has 0 heterocycles. The van der Waals surface area contributed by atoms with E-state index >= 15 is 0 Å². The van der Waals surface area contributed by atoms with Crippen LogP contribution in [0.5, 0.6) is 0 Å². The summed E-state index contributed by atoms with van der Waals surface area (Å²) in [5, 5.41) is 22.8. The first kappa shape index (κ1) is 13.7. The Morgan fingerprint density at radius 2 is 1.50 bits per heavy atom. The van der Waals surface area contributed by atoms with Gasteiger partial charge in [0.2, 0.25) is 5.69 Å². The lowest BCUT2D eigenvalue weighted by Gasteiger charge is -2.08. The summed E-state index contributed by atoms with van der Waals surface area (Å²) in [7, 11) is 0. The second kappa shape index (κ2) is 5.52.